The summed E-state index contributed by atoms with van der Waals surface area (Å²) in [7, 11) is 0. The molecule has 0 bridgehead atoms. The lowest BCUT2D eigenvalue weighted by molar-refractivity contribution is 0.383. The monoisotopic (exact) mass is 182 g/mol. The lowest BCUT2D eigenvalue weighted by atomic mass is 9.92. The molecule has 0 N–H and O–H groups in total. The van der Waals surface area contributed by atoms with Gasteiger partial charge in [-0.1, -0.05) is 53.2 Å². The Morgan fingerprint density at radius 3 is 2.08 bits per heavy atom. The zero-order chi connectivity index (χ0) is 10.3. The first-order valence-electron chi connectivity index (χ1n) is 5.70. The first kappa shape index (κ1) is 12.7. The summed E-state index contributed by atoms with van der Waals surface area (Å²) in [5, 5.41) is 0. The van der Waals surface area contributed by atoms with Crippen molar-refractivity contribution in [3.05, 3.63) is 12.2 Å². The Hall–Kier alpha value is -0.260. The van der Waals surface area contributed by atoms with Crippen LogP contribution in [0.4, 0.5) is 0 Å². The van der Waals surface area contributed by atoms with E-state index in [1.54, 1.807) is 0 Å². The van der Waals surface area contributed by atoms with Gasteiger partial charge >= 0.3 is 0 Å². The van der Waals surface area contributed by atoms with Crippen LogP contribution in [0.2, 0.25) is 0 Å². The zero-order valence-electron chi connectivity index (χ0n) is 10.0. The van der Waals surface area contributed by atoms with Gasteiger partial charge in [-0.2, -0.15) is 0 Å². The predicted molar refractivity (Wildman–Crippen MR) is 61.8 cm³/mol. The van der Waals surface area contributed by atoms with E-state index >= 15 is 0 Å². The van der Waals surface area contributed by atoms with Crippen molar-refractivity contribution in [2.45, 2.75) is 53.9 Å². The summed E-state index contributed by atoms with van der Waals surface area (Å²) in [5.74, 6) is 2.43. The Balaban J connectivity index is 3.35. The number of unbranched alkanes of at least 4 members (excludes halogenated alkanes) is 1. The third-order valence-electron chi connectivity index (χ3n) is 2.69. The van der Waals surface area contributed by atoms with Gasteiger partial charge in [-0.15, -0.1) is 0 Å². The lowest BCUT2D eigenvalue weighted by Crippen LogP contribution is -2.02. The Morgan fingerprint density at radius 1 is 1.00 bits per heavy atom. The number of allylic oxidation sites excluding steroid dienone is 2. The largest absolute Gasteiger partial charge is 0.0883 e. The highest BCUT2D eigenvalue weighted by molar-refractivity contribution is 4.84. The molecule has 0 unspecified atom stereocenters. The fourth-order valence-corrected chi connectivity index (χ4v) is 1.26. The van der Waals surface area contributed by atoms with E-state index in [0.29, 0.717) is 5.92 Å². The molecule has 0 aromatic rings. The van der Waals surface area contributed by atoms with Gasteiger partial charge in [0, 0.05) is 0 Å². The molecule has 0 aliphatic heterocycles. The first-order chi connectivity index (χ1) is 6.04. The van der Waals surface area contributed by atoms with Crippen LogP contribution in [0, 0.1) is 17.8 Å². The molecule has 0 aliphatic carbocycles. The maximum Gasteiger partial charge on any atom is -0.0290 e. The van der Waals surface area contributed by atoms with Crippen LogP contribution in [0.25, 0.3) is 0 Å². The normalized spacial score (nSPS) is 14.7. The molecule has 0 nitrogen and oxygen atoms in total. The smallest absolute Gasteiger partial charge is 0.0290 e. The van der Waals surface area contributed by atoms with Crippen LogP contribution in [-0.4, -0.2) is 0 Å². The second-order valence-corrected chi connectivity index (χ2v) is 4.82. The first-order valence-corrected chi connectivity index (χ1v) is 5.70. The van der Waals surface area contributed by atoms with Gasteiger partial charge in [-0.3, -0.25) is 0 Å². The highest BCUT2D eigenvalue weighted by Gasteiger charge is 2.04. The van der Waals surface area contributed by atoms with Gasteiger partial charge in [0.2, 0.25) is 0 Å². The van der Waals surface area contributed by atoms with Crippen LogP contribution >= 0.6 is 0 Å². The summed E-state index contributed by atoms with van der Waals surface area (Å²) in [6, 6.07) is 0. The molecule has 0 heteroatoms. The molecule has 0 aromatic carbocycles. The highest BCUT2D eigenvalue weighted by atomic mass is 14.1. The standard InChI is InChI=1S/C13H26/c1-11(2)9-7-6-8-10-13(5)12(3)4/h7,9,11-13H,6,8,10H2,1-5H3/b9-7-/t13-/m1/s1. The fraction of sp³-hybridized carbons (Fsp3) is 0.846. The number of rotatable bonds is 6. The second-order valence-electron chi connectivity index (χ2n) is 4.82. The van der Waals surface area contributed by atoms with Crippen molar-refractivity contribution >= 4 is 0 Å². The van der Waals surface area contributed by atoms with E-state index < -0.39 is 0 Å². The molecule has 0 saturated heterocycles. The zero-order valence-corrected chi connectivity index (χ0v) is 10.0. The molecule has 0 fully saturated rings. The summed E-state index contributed by atoms with van der Waals surface area (Å²) < 4.78 is 0. The minimum atomic E-state index is 0.711. The quantitative estimate of drug-likeness (QED) is 0.414. The molecule has 0 spiro atoms. The maximum absolute atomic E-state index is 2.36. The molecule has 78 valence electrons. The van der Waals surface area contributed by atoms with Gasteiger partial charge < -0.3 is 0 Å². The Bertz CT molecular complexity index is 131. The summed E-state index contributed by atoms with van der Waals surface area (Å²) in [6.07, 6.45) is 8.62. The van der Waals surface area contributed by atoms with Gasteiger partial charge in [0.1, 0.15) is 0 Å². The van der Waals surface area contributed by atoms with Crippen LogP contribution in [0.1, 0.15) is 53.9 Å². The van der Waals surface area contributed by atoms with Crippen LogP contribution in [0.15, 0.2) is 12.2 Å². The van der Waals surface area contributed by atoms with Gasteiger partial charge in [-0.05, 0) is 30.6 Å². The van der Waals surface area contributed by atoms with Gasteiger partial charge in [0.05, 0.1) is 0 Å². The van der Waals surface area contributed by atoms with Crippen molar-refractivity contribution in [2.24, 2.45) is 17.8 Å². The molecule has 0 saturated carbocycles. The summed E-state index contributed by atoms with van der Waals surface area (Å²) in [4.78, 5) is 0. The second kappa shape index (κ2) is 7.17. The highest BCUT2D eigenvalue weighted by Crippen LogP contribution is 2.17. The third kappa shape index (κ3) is 8.08. The molecule has 0 aromatic heterocycles. The third-order valence-corrected chi connectivity index (χ3v) is 2.69. The summed E-state index contributed by atoms with van der Waals surface area (Å²) in [5.41, 5.74) is 0. The van der Waals surface area contributed by atoms with Crippen molar-refractivity contribution < 1.29 is 0 Å². The summed E-state index contributed by atoms with van der Waals surface area (Å²) in [6.45, 7) is 11.4. The van der Waals surface area contributed by atoms with Crippen molar-refractivity contribution in [3.63, 3.8) is 0 Å². The lowest BCUT2D eigenvalue weighted by Gasteiger charge is -2.14. The summed E-state index contributed by atoms with van der Waals surface area (Å²) >= 11 is 0. The minimum Gasteiger partial charge on any atom is -0.0883 e. The molecule has 0 radical (unpaired) electrons. The van der Waals surface area contributed by atoms with Crippen molar-refractivity contribution in [1.29, 1.82) is 0 Å². The van der Waals surface area contributed by atoms with Crippen LogP contribution in [0.3, 0.4) is 0 Å². The van der Waals surface area contributed by atoms with Crippen LogP contribution < -0.4 is 0 Å². The molecular weight excluding hydrogens is 156 g/mol. The van der Waals surface area contributed by atoms with Crippen LogP contribution in [0.5, 0.6) is 0 Å². The van der Waals surface area contributed by atoms with Crippen LogP contribution in [-0.2, 0) is 0 Å². The van der Waals surface area contributed by atoms with E-state index in [1.807, 2.05) is 0 Å². The molecule has 0 rings (SSSR count). The van der Waals surface area contributed by atoms with E-state index in [2.05, 4.69) is 46.8 Å². The number of hydrogen-bond donors (Lipinski definition) is 0. The maximum atomic E-state index is 2.36. The molecule has 0 amide bonds. The van der Waals surface area contributed by atoms with Gasteiger partial charge in [-0.25, -0.2) is 0 Å². The predicted octanol–water partition coefficient (Wildman–Crippen LogP) is 4.66. The Morgan fingerprint density at radius 2 is 1.62 bits per heavy atom. The van der Waals surface area contributed by atoms with E-state index in [4.69, 9.17) is 0 Å². The Labute approximate surface area is 84.4 Å². The van der Waals surface area contributed by atoms with E-state index in [1.165, 1.54) is 19.3 Å². The average molecular weight is 182 g/mol. The van der Waals surface area contributed by atoms with Gasteiger partial charge in [0.15, 0.2) is 0 Å². The van der Waals surface area contributed by atoms with E-state index in [-0.39, 0.29) is 0 Å². The minimum absolute atomic E-state index is 0.711. The van der Waals surface area contributed by atoms with Crippen molar-refractivity contribution in [1.82, 2.24) is 0 Å². The number of hydrogen-bond acceptors (Lipinski definition) is 0. The SMILES string of the molecule is CC(C)/C=C\CCC[C@@H](C)C(C)C. The molecule has 1 atom stereocenters. The van der Waals surface area contributed by atoms with Gasteiger partial charge in [0.25, 0.3) is 0 Å². The average Bonchev–Trinajstić information content (AvgIpc) is 2.02. The molecule has 13 heavy (non-hydrogen) atoms. The van der Waals surface area contributed by atoms with Crippen molar-refractivity contribution in [2.75, 3.05) is 0 Å². The topological polar surface area (TPSA) is 0 Å². The Kier molecular flexibility index (Phi) is 7.03. The molecule has 0 heterocycles. The molecule has 0 aliphatic rings. The van der Waals surface area contributed by atoms with Crippen molar-refractivity contribution in [3.8, 4) is 0 Å². The van der Waals surface area contributed by atoms with E-state index in [9.17, 15) is 0 Å². The fourth-order valence-electron chi connectivity index (χ4n) is 1.26. The molecular formula is C13H26. The van der Waals surface area contributed by atoms with E-state index in [0.717, 1.165) is 11.8 Å².